The normalized spacial score (nSPS) is 15.5. The van der Waals surface area contributed by atoms with Gasteiger partial charge in [-0.05, 0) is 24.6 Å². The second-order valence-electron chi connectivity index (χ2n) is 6.47. The van der Waals surface area contributed by atoms with Crippen molar-refractivity contribution in [2.24, 2.45) is 0 Å². The highest BCUT2D eigenvalue weighted by molar-refractivity contribution is 5.40. The minimum Gasteiger partial charge on any atom is -0.457 e. The maximum absolute atomic E-state index is 13.6. The van der Waals surface area contributed by atoms with Crippen LogP contribution in [0.3, 0.4) is 0 Å². The van der Waals surface area contributed by atoms with E-state index in [0.717, 1.165) is 12.1 Å². The summed E-state index contributed by atoms with van der Waals surface area (Å²) < 4.78 is 72.1. The van der Waals surface area contributed by atoms with E-state index in [4.69, 9.17) is 4.74 Å². The monoisotopic (exact) mass is 458 g/mol. The van der Waals surface area contributed by atoms with Crippen LogP contribution in [0, 0.1) is 5.82 Å². The summed E-state index contributed by atoms with van der Waals surface area (Å²) in [6.07, 6.45) is 2.58. The lowest BCUT2D eigenvalue weighted by Gasteiger charge is -2.16. The zero-order valence-corrected chi connectivity index (χ0v) is 16.8. The lowest BCUT2D eigenvalue weighted by Crippen LogP contribution is -2.21. The van der Waals surface area contributed by atoms with Gasteiger partial charge in [-0.25, -0.2) is 18.4 Å². The van der Waals surface area contributed by atoms with Crippen molar-refractivity contribution < 1.29 is 31.4 Å². The number of hydrogen-bond donors (Lipinski definition) is 0. The highest BCUT2D eigenvalue weighted by Crippen LogP contribution is 2.23. The molecule has 1 aliphatic rings. The van der Waals surface area contributed by atoms with Gasteiger partial charge in [0.1, 0.15) is 24.3 Å². The summed E-state index contributed by atoms with van der Waals surface area (Å²) in [7, 11) is 0.500. The molecule has 1 fully saturated rings. The third-order valence-corrected chi connectivity index (χ3v) is 4.36. The van der Waals surface area contributed by atoms with E-state index in [9.17, 15) is 22.0 Å². The van der Waals surface area contributed by atoms with E-state index in [1.807, 2.05) is 4.90 Å². The van der Waals surface area contributed by atoms with Crippen molar-refractivity contribution in [2.45, 2.75) is 25.8 Å². The molecule has 0 spiro atoms. The summed E-state index contributed by atoms with van der Waals surface area (Å²) in [5.41, 5.74) is 0.675. The van der Waals surface area contributed by atoms with E-state index in [0.29, 0.717) is 31.7 Å². The predicted molar refractivity (Wildman–Crippen MR) is 103 cm³/mol. The summed E-state index contributed by atoms with van der Waals surface area (Å²) in [6.45, 7) is -2.32. The molecule has 32 heavy (non-hydrogen) atoms. The Hall–Kier alpha value is -3.51. The molecule has 0 N–H and O–H groups in total. The first-order valence-corrected chi connectivity index (χ1v) is 9.36. The van der Waals surface area contributed by atoms with Gasteiger partial charge in [0.05, 0.1) is 25.6 Å². The van der Waals surface area contributed by atoms with E-state index in [2.05, 4.69) is 25.0 Å². The molecule has 172 valence electrons. The van der Waals surface area contributed by atoms with Gasteiger partial charge in [0.25, 0.3) is 0 Å². The van der Waals surface area contributed by atoms with Gasteiger partial charge in [0, 0.05) is 18.8 Å². The van der Waals surface area contributed by atoms with Gasteiger partial charge in [-0.15, -0.1) is 5.10 Å². The summed E-state index contributed by atoms with van der Waals surface area (Å²) >= 11 is 0. The van der Waals surface area contributed by atoms with Gasteiger partial charge in [-0.1, -0.05) is 5.21 Å². The van der Waals surface area contributed by atoms with Crippen LogP contribution in [-0.2, 0) is 6.61 Å². The van der Waals surface area contributed by atoms with Crippen LogP contribution in [0.1, 0.15) is 12.1 Å². The Balaban J connectivity index is 0.00000141. The van der Waals surface area contributed by atoms with Crippen molar-refractivity contribution in [1.82, 2.24) is 25.0 Å². The molecule has 1 aromatic carbocycles. The first-order valence-electron chi connectivity index (χ1n) is 9.36. The summed E-state index contributed by atoms with van der Waals surface area (Å²) in [4.78, 5) is 10.1. The second-order valence-corrected chi connectivity index (χ2v) is 6.47. The van der Waals surface area contributed by atoms with Crippen molar-refractivity contribution in [2.75, 3.05) is 25.2 Å². The number of hydrogen-bond acceptors (Lipinski definition) is 7. The lowest BCUT2D eigenvalue weighted by molar-refractivity contribution is -0.0521. The van der Waals surface area contributed by atoms with Crippen LogP contribution in [0.15, 0.2) is 36.7 Å². The van der Waals surface area contributed by atoms with E-state index in [-0.39, 0.29) is 24.8 Å². The largest absolute Gasteiger partial charge is 0.457 e. The van der Waals surface area contributed by atoms with Crippen LogP contribution in [0.4, 0.5) is 27.8 Å². The summed E-state index contributed by atoms with van der Waals surface area (Å²) in [6, 6.07) is 5.19. The van der Waals surface area contributed by atoms with Crippen molar-refractivity contribution in [1.29, 1.82) is 0 Å². The number of aromatic nitrogens is 5. The molecule has 0 bridgehead atoms. The van der Waals surface area contributed by atoms with Crippen LogP contribution in [0.5, 0.6) is 11.8 Å². The fourth-order valence-corrected chi connectivity index (χ4v) is 2.95. The standard InChI is InChI=1S/C18H16F4N6O2.CH3F/c19-11-4-6-27(8-11)16-3-5-23-18(24-16)29-10-12-9-28(26-25-12)13-1-2-14(20)15(7-13)30-17(21)22;1-2/h1-3,5,7,9,11,17H,4,6,8,10H2;1H3. The number of anilines is 1. The van der Waals surface area contributed by atoms with Crippen LogP contribution in [0.2, 0.25) is 0 Å². The fraction of sp³-hybridized carbons (Fsp3) is 0.368. The highest BCUT2D eigenvalue weighted by Gasteiger charge is 2.23. The number of ether oxygens (including phenoxy) is 2. The molecule has 4 rings (SSSR count). The van der Waals surface area contributed by atoms with Gasteiger partial charge in [0.2, 0.25) is 0 Å². The van der Waals surface area contributed by atoms with E-state index >= 15 is 0 Å². The van der Waals surface area contributed by atoms with Crippen LogP contribution >= 0.6 is 0 Å². The Bertz CT molecular complexity index is 1020. The molecule has 3 aromatic rings. The molecule has 0 amide bonds. The van der Waals surface area contributed by atoms with Crippen LogP contribution in [0.25, 0.3) is 5.69 Å². The van der Waals surface area contributed by atoms with E-state index in [1.54, 1.807) is 6.07 Å². The first-order chi connectivity index (χ1) is 15.5. The average Bonchev–Trinajstić information content (AvgIpc) is 3.44. The van der Waals surface area contributed by atoms with Gasteiger partial charge < -0.3 is 14.4 Å². The topological polar surface area (TPSA) is 78.2 Å². The molecule has 8 nitrogen and oxygen atoms in total. The summed E-state index contributed by atoms with van der Waals surface area (Å²) in [5, 5.41) is 7.79. The van der Waals surface area contributed by atoms with Crippen LogP contribution in [-0.4, -0.2) is 58.0 Å². The minimum atomic E-state index is -3.15. The minimum absolute atomic E-state index is 0.0171. The third-order valence-electron chi connectivity index (χ3n) is 4.36. The van der Waals surface area contributed by atoms with Crippen molar-refractivity contribution in [3.8, 4) is 17.4 Å². The number of alkyl halides is 4. The Morgan fingerprint density at radius 1 is 1.22 bits per heavy atom. The molecule has 1 aliphatic heterocycles. The number of benzene rings is 1. The molecule has 13 heteroatoms. The first kappa shape index (κ1) is 23.2. The molecule has 1 saturated heterocycles. The zero-order chi connectivity index (χ0) is 23.1. The Labute approximate surface area is 179 Å². The number of halogens is 5. The maximum atomic E-state index is 13.6. The molecule has 3 heterocycles. The van der Waals surface area contributed by atoms with Crippen molar-refractivity contribution in [3.05, 3.63) is 48.2 Å². The van der Waals surface area contributed by atoms with E-state index < -0.39 is 24.3 Å². The summed E-state index contributed by atoms with van der Waals surface area (Å²) in [5.74, 6) is -0.947. The van der Waals surface area contributed by atoms with Crippen molar-refractivity contribution in [3.63, 3.8) is 0 Å². The Morgan fingerprint density at radius 3 is 2.75 bits per heavy atom. The Morgan fingerprint density at radius 2 is 2.03 bits per heavy atom. The van der Waals surface area contributed by atoms with Gasteiger partial charge in [-0.3, -0.25) is 4.39 Å². The maximum Gasteiger partial charge on any atom is 0.387 e. The zero-order valence-electron chi connectivity index (χ0n) is 16.8. The van der Waals surface area contributed by atoms with Crippen LogP contribution < -0.4 is 14.4 Å². The quantitative estimate of drug-likeness (QED) is 0.502. The second kappa shape index (κ2) is 10.7. The SMILES string of the molecule is CF.Fc1ccc(-n2cc(COc3nccc(N4CCC(F)C4)n3)nn2)cc1OC(F)F. The number of nitrogens with zero attached hydrogens (tertiary/aromatic N) is 6. The molecule has 2 aromatic heterocycles. The molecular formula is C19H19F5N6O2. The predicted octanol–water partition coefficient (Wildman–Crippen LogP) is 3.51. The number of rotatable bonds is 7. The van der Waals surface area contributed by atoms with Gasteiger partial charge in [-0.2, -0.15) is 13.8 Å². The molecule has 0 aliphatic carbocycles. The molecule has 0 saturated carbocycles. The highest BCUT2D eigenvalue weighted by atomic mass is 19.3. The third kappa shape index (κ3) is 5.80. The average molecular weight is 458 g/mol. The molecule has 0 radical (unpaired) electrons. The van der Waals surface area contributed by atoms with E-state index in [1.165, 1.54) is 23.1 Å². The van der Waals surface area contributed by atoms with Crippen molar-refractivity contribution >= 4 is 5.82 Å². The molecule has 1 atom stereocenters. The van der Waals surface area contributed by atoms with Gasteiger partial charge >= 0.3 is 12.6 Å². The van der Waals surface area contributed by atoms with Gasteiger partial charge in [0.15, 0.2) is 11.6 Å². The smallest absolute Gasteiger partial charge is 0.387 e. The fourth-order valence-electron chi connectivity index (χ4n) is 2.95. The molecule has 1 unspecified atom stereocenters. The Kier molecular flexibility index (Phi) is 7.73. The molecular weight excluding hydrogens is 439 g/mol. The lowest BCUT2D eigenvalue weighted by atomic mass is 10.3.